The molecule has 0 saturated carbocycles. The number of hydrogen-bond acceptors (Lipinski definition) is 5. The molecular formula is C25H29F3N2O2S2. The molecule has 2 N–H and O–H groups in total. The highest BCUT2D eigenvalue weighted by Gasteiger charge is 2.34. The van der Waals surface area contributed by atoms with E-state index in [2.05, 4.69) is 31.2 Å². The van der Waals surface area contributed by atoms with Crippen LogP contribution in [0.1, 0.15) is 61.4 Å². The predicted molar refractivity (Wildman–Crippen MR) is 133 cm³/mol. The molecule has 1 aliphatic rings. The van der Waals surface area contributed by atoms with Crippen LogP contribution in [-0.4, -0.2) is 34.6 Å². The van der Waals surface area contributed by atoms with E-state index in [0.717, 1.165) is 15.5 Å². The molecule has 1 saturated heterocycles. The number of benzene rings is 2. The van der Waals surface area contributed by atoms with Crippen LogP contribution in [0.5, 0.6) is 0 Å². The molecule has 1 aliphatic heterocycles. The zero-order valence-electron chi connectivity index (χ0n) is 19.2. The Hall–Kier alpha value is -2.10. The molecule has 9 heteroatoms. The topological polar surface area (TPSA) is 52.6 Å². The maximum atomic E-state index is 13.1. The lowest BCUT2D eigenvalue weighted by Crippen LogP contribution is -2.46. The van der Waals surface area contributed by atoms with Gasteiger partial charge in [-0.15, -0.1) is 12.6 Å². The fraction of sp³-hybridized carbons (Fsp3) is 0.400. The number of halogens is 3. The van der Waals surface area contributed by atoms with Gasteiger partial charge in [0.25, 0.3) is 5.91 Å². The van der Waals surface area contributed by atoms with Crippen LogP contribution in [0.3, 0.4) is 0 Å². The Morgan fingerprint density at radius 1 is 1.15 bits per heavy atom. The Bertz CT molecular complexity index is 1030. The molecule has 1 amide bonds. The number of nitrogens with zero attached hydrogens (tertiary/aromatic N) is 1. The lowest BCUT2D eigenvalue weighted by Gasteiger charge is -2.38. The molecule has 0 bridgehead atoms. The number of allylic oxidation sites excluding steroid dienone is 1. The van der Waals surface area contributed by atoms with Gasteiger partial charge in [0.1, 0.15) is 0 Å². The average molecular weight is 511 g/mol. The van der Waals surface area contributed by atoms with E-state index in [1.165, 1.54) is 17.5 Å². The van der Waals surface area contributed by atoms with Gasteiger partial charge >= 0.3 is 6.08 Å². The van der Waals surface area contributed by atoms with Gasteiger partial charge in [0.15, 0.2) is 5.83 Å². The third-order valence-electron chi connectivity index (χ3n) is 6.03. The van der Waals surface area contributed by atoms with Crippen molar-refractivity contribution < 1.29 is 23.1 Å². The smallest absolute Gasteiger partial charge is 0.301 e. The van der Waals surface area contributed by atoms with Crippen molar-refractivity contribution in [2.45, 2.75) is 60.8 Å². The van der Waals surface area contributed by atoms with Crippen molar-refractivity contribution in [1.82, 2.24) is 4.90 Å². The van der Waals surface area contributed by atoms with Gasteiger partial charge in [-0.05, 0) is 79.1 Å². The molecule has 0 unspecified atom stereocenters. The zero-order chi connectivity index (χ0) is 24.9. The number of nitrogens with one attached hydrogen (secondary N) is 1. The summed E-state index contributed by atoms with van der Waals surface area (Å²) in [5.74, 6) is -1.31. The van der Waals surface area contributed by atoms with E-state index in [0.29, 0.717) is 11.5 Å². The number of hydrogen-bond donors (Lipinski definition) is 3. The van der Waals surface area contributed by atoms with Gasteiger partial charge in [-0.3, -0.25) is 4.79 Å². The summed E-state index contributed by atoms with van der Waals surface area (Å²) in [5, 5.41) is 10.5. The Kier molecular flexibility index (Phi) is 9.01. The standard InChI is InChI=1S/C25H29F3N2O2S2/c1-16(2)22-20(33)4-3-5-21(22)34-29-18-8-6-17(7-9-18)24(31)30-14-12-25(32,13-15-30)11-10-19(26)23(27)28/h3-9,16,29,32-33H,10-15H2,1-2H3. The molecule has 0 radical (unpaired) electrons. The van der Waals surface area contributed by atoms with Crippen LogP contribution in [0.25, 0.3) is 0 Å². The highest BCUT2D eigenvalue weighted by molar-refractivity contribution is 8.00. The summed E-state index contributed by atoms with van der Waals surface area (Å²) >= 11 is 6.06. The summed E-state index contributed by atoms with van der Waals surface area (Å²) in [7, 11) is 0. The van der Waals surface area contributed by atoms with Crippen molar-refractivity contribution in [3.63, 3.8) is 0 Å². The zero-order valence-corrected chi connectivity index (χ0v) is 20.9. The lowest BCUT2D eigenvalue weighted by atomic mass is 9.86. The Morgan fingerprint density at radius 3 is 2.38 bits per heavy atom. The molecule has 0 atom stereocenters. The SMILES string of the molecule is CC(C)c1c(S)cccc1SNc1ccc(C(=O)N2CCC(O)(CCC(F)=C(F)F)CC2)cc1. The van der Waals surface area contributed by atoms with E-state index < -0.39 is 23.9 Å². The van der Waals surface area contributed by atoms with Crippen LogP contribution in [0.2, 0.25) is 0 Å². The molecule has 2 aromatic rings. The van der Waals surface area contributed by atoms with Crippen LogP contribution in [-0.2, 0) is 0 Å². The summed E-state index contributed by atoms with van der Waals surface area (Å²) in [6.45, 7) is 4.82. The van der Waals surface area contributed by atoms with E-state index in [4.69, 9.17) is 0 Å². The average Bonchev–Trinajstić information content (AvgIpc) is 2.81. The molecule has 1 fully saturated rings. The van der Waals surface area contributed by atoms with Crippen molar-refractivity contribution in [3.05, 3.63) is 65.5 Å². The molecule has 1 heterocycles. The van der Waals surface area contributed by atoms with Crippen molar-refractivity contribution >= 4 is 36.2 Å². The first-order chi connectivity index (χ1) is 16.1. The number of amides is 1. The lowest BCUT2D eigenvalue weighted by molar-refractivity contribution is -0.0236. The van der Waals surface area contributed by atoms with E-state index >= 15 is 0 Å². The monoisotopic (exact) mass is 510 g/mol. The first kappa shape index (κ1) is 26.5. The molecule has 0 aromatic heterocycles. The van der Waals surface area contributed by atoms with Crippen molar-refractivity contribution in [2.75, 3.05) is 17.8 Å². The van der Waals surface area contributed by atoms with Crippen LogP contribution < -0.4 is 4.72 Å². The summed E-state index contributed by atoms with van der Waals surface area (Å²) in [6, 6.07) is 13.1. The number of carbonyl (C=O) groups excluding carboxylic acids is 1. The second-order valence-electron chi connectivity index (χ2n) is 8.81. The Balaban J connectivity index is 1.55. The van der Waals surface area contributed by atoms with E-state index in [1.54, 1.807) is 17.0 Å². The molecule has 3 rings (SSSR count). The van der Waals surface area contributed by atoms with Gasteiger partial charge in [0.2, 0.25) is 0 Å². The quantitative estimate of drug-likeness (QED) is 0.263. The number of carbonyl (C=O) groups is 1. The Labute approximate surface area is 208 Å². The second-order valence-corrected chi connectivity index (χ2v) is 10.1. The van der Waals surface area contributed by atoms with Gasteiger partial charge in [-0.2, -0.15) is 8.78 Å². The first-order valence-corrected chi connectivity index (χ1v) is 12.4. The van der Waals surface area contributed by atoms with Gasteiger partial charge in [0.05, 0.1) is 5.60 Å². The molecule has 2 aromatic carbocycles. The number of piperidine rings is 1. The highest BCUT2D eigenvalue weighted by atomic mass is 32.2. The fourth-order valence-corrected chi connectivity index (χ4v) is 5.50. The first-order valence-electron chi connectivity index (χ1n) is 11.2. The number of likely N-dealkylation sites (tertiary alicyclic amines) is 1. The minimum absolute atomic E-state index is 0.0924. The molecule has 4 nitrogen and oxygen atoms in total. The summed E-state index contributed by atoms with van der Waals surface area (Å²) in [4.78, 5) is 16.5. The van der Waals surface area contributed by atoms with Gasteiger partial charge in [-0.1, -0.05) is 19.9 Å². The van der Waals surface area contributed by atoms with Crippen LogP contribution >= 0.6 is 24.6 Å². The van der Waals surface area contributed by atoms with Crippen molar-refractivity contribution in [1.29, 1.82) is 0 Å². The maximum absolute atomic E-state index is 13.1. The summed E-state index contributed by atoms with van der Waals surface area (Å²) < 4.78 is 40.9. The predicted octanol–water partition coefficient (Wildman–Crippen LogP) is 7.04. The maximum Gasteiger partial charge on any atom is 0.301 e. The normalized spacial score (nSPS) is 15.4. The van der Waals surface area contributed by atoms with Gasteiger partial charge in [0, 0.05) is 40.6 Å². The van der Waals surface area contributed by atoms with Crippen molar-refractivity contribution in [2.24, 2.45) is 0 Å². The largest absolute Gasteiger partial charge is 0.390 e. The Morgan fingerprint density at radius 2 is 1.79 bits per heavy atom. The molecule has 0 spiro atoms. The number of rotatable bonds is 8. The third-order valence-corrected chi connectivity index (χ3v) is 7.33. The van der Waals surface area contributed by atoms with Crippen molar-refractivity contribution in [3.8, 4) is 0 Å². The third kappa shape index (κ3) is 6.73. The number of anilines is 1. The fourth-order valence-electron chi connectivity index (χ4n) is 3.99. The van der Waals surface area contributed by atoms with Gasteiger partial charge < -0.3 is 14.7 Å². The van der Waals surface area contributed by atoms with Crippen LogP contribution in [0, 0.1) is 0 Å². The summed E-state index contributed by atoms with van der Waals surface area (Å²) in [6.07, 6.45) is -2.50. The van der Waals surface area contributed by atoms with Crippen LogP contribution in [0.4, 0.5) is 18.9 Å². The minimum atomic E-state index is -2.34. The van der Waals surface area contributed by atoms with E-state index in [-0.39, 0.29) is 38.3 Å². The van der Waals surface area contributed by atoms with E-state index in [1.807, 2.05) is 30.3 Å². The van der Waals surface area contributed by atoms with E-state index in [9.17, 15) is 23.1 Å². The number of thiol groups is 1. The van der Waals surface area contributed by atoms with Gasteiger partial charge in [-0.25, -0.2) is 4.39 Å². The van der Waals surface area contributed by atoms with Crippen LogP contribution in [0.15, 0.2) is 64.2 Å². The second kappa shape index (κ2) is 11.6. The molecule has 34 heavy (non-hydrogen) atoms. The molecule has 0 aliphatic carbocycles. The summed E-state index contributed by atoms with van der Waals surface area (Å²) in [5.41, 5.74) is 1.31. The minimum Gasteiger partial charge on any atom is -0.390 e. The molecular weight excluding hydrogens is 481 g/mol. The molecule has 184 valence electrons. The highest BCUT2D eigenvalue weighted by Crippen LogP contribution is 2.34. The number of aliphatic hydroxyl groups is 1.